The van der Waals surface area contributed by atoms with E-state index < -0.39 is 26.6 Å². The van der Waals surface area contributed by atoms with Crippen LogP contribution in [-0.2, 0) is 10.0 Å². The monoisotopic (exact) mass is 462 g/mol. The molecule has 6 nitrogen and oxygen atoms in total. The Kier molecular flexibility index (Phi) is 5.71. The van der Waals surface area contributed by atoms with Crippen LogP contribution in [0.1, 0.15) is 26.2 Å². The van der Waals surface area contributed by atoms with E-state index in [4.69, 9.17) is 11.6 Å². The lowest BCUT2D eigenvalue weighted by Gasteiger charge is -2.27. The van der Waals surface area contributed by atoms with Crippen molar-refractivity contribution < 1.29 is 17.2 Å². The summed E-state index contributed by atoms with van der Waals surface area (Å²) in [5.41, 5.74) is 0.184. The summed E-state index contributed by atoms with van der Waals surface area (Å²) in [6.07, 6.45) is 4.57. The Morgan fingerprint density at radius 1 is 1.31 bits per heavy atom. The van der Waals surface area contributed by atoms with Gasteiger partial charge >= 0.3 is 0 Å². The molecule has 11 heteroatoms. The fourth-order valence-electron chi connectivity index (χ4n) is 4.17. The van der Waals surface area contributed by atoms with Crippen LogP contribution in [0.2, 0.25) is 5.02 Å². The van der Waals surface area contributed by atoms with Gasteiger partial charge in [-0.3, -0.25) is 9.62 Å². The zero-order valence-corrected chi connectivity index (χ0v) is 18.1. The molecule has 1 aromatic carbocycles. The van der Waals surface area contributed by atoms with Gasteiger partial charge in [0.2, 0.25) is 0 Å². The molecule has 0 aliphatic carbocycles. The maximum Gasteiger partial charge on any atom is 0.269 e. The molecule has 2 aliphatic heterocycles. The molecular weight excluding hydrogens is 442 g/mol. The van der Waals surface area contributed by atoms with Crippen LogP contribution < -0.4 is 9.62 Å². The molecule has 3 heterocycles. The minimum absolute atomic E-state index is 0.0191. The highest BCUT2D eigenvalue weighted by atomic mass is 35.5. The van der Waals surface area contributed by atoms with E-state index in [2.05, 4.69) is 14.6 Å². The molecule has 2 atom stereocenters. The van der Waals surface area contributed by atoms with Crippen LogP contribution in [-0.4, -0.2) is 50.0 Å². The number of anilines is 2. The van der Waals surface area contributed by atoms with E-state index in [0.29, 0.717) is 12.6 Å². The van der Waals surface area contributed by atoms with Crippen molar-refractivity contribution in [2.45, 2.75) is 43.2 Å². The zero-order chi connectivity index (χ0) is 20.8. The predicted molar refractivity (Wildman–Crippen MR) is 110 cm³/mol. The number of nitrogens with zero attached hydrogens (tertiary/aromatic N) is 3. The Morgan fingerprint density at radius 3 is 2.69 bits per heavy atom. The summed E-state index contributed by atoms with van der Waals surface area (Å²) in [6, 6.07) is 1.35. The first-order valence-electron chi connectivity index (χ1n) is 9.38. The van der Waals surface area contributed by atoms with E-state index in [9.17, 15) is 17.2 Å². The van der Waals surface area contributed by atoms with Crippen molar-refractivity contribution in [2.24, 2.45) is 0 Å². The van der Waals surface area contributed by atoms with E-state index >= 15 is 0 Å². The SMILES string of the molecule is C[C@@H]1C[C@@H](N2CCCC2)CN1c1cc(F)c(S(=O)(=O)Nc2nccs2)c(F)c1Cl. The first kappa shape index (κ1) is 20.8. The van der Waals surface area contributed by atoms with Crippen molar-refractivity contribution >= 4 is 43.8 Å². The second kappa shape index (κ2) is 7.98. The predicted octanol–water partition coefficient (Wildman–Crippen LogP) is 3.94. The number of hydrogen-bond donors (Lipinski definition) is 1. The topological polar surface area (TPSA) is 65.5 Å². The number of sulfonamides is 1. The quantitative estimate of drug-likeness (QED) is 0.682. The highest BCUT2D eigenvalue weighted by molar-refractivity contribution is 7.93. The molecule has 0 unspecified atom stereocenters. The number of aromatic nitrogens is 1. The summed E-state index contributed by atoms with van der Waals surface area (Å²) in [7, 11) is -4.51. The summed E-state index contributed by atoms with van der Waals surface area (Å²) in [5.74, 6) is -2.47. The average molecular weight is 463 g/mol. The first-order valence-corrected chi connectivity index (χ1v) is 12.1. The lowest BCUT2D eigenvalue weighted by atomic mass is 10.1. The van der Waals surface area contributed by atoms with E-state index in [-0.39, 0.29) is 21.9 Å². The van der Waals surface area contributed by atoms with Gasteiger partial charge in [-0.15, -0.1) is 11.3 Å². The number of halogens is 3. The van der Waals surface area contributed by atoms with Gasteiger partial charge in [0.1, 0.15) is 10.8 Å². The molecule has 29 heavy (non-hydrogen) atoms. The van der Waals surface area contributed by atoms with Gasteiger partial charge < -0.3 is 4.90 Å². The van der Waals surface area contributed by atoms with E-state index in [1.165, 1.54) is 6.20 Å². The number of likely N-dealkylation sites (tertiary alicyclic amines) is 1. The second-order valence-electron chi connectivity index (χ2n) is 7.41. The second-order valence-corrected chi connectivity index (χ2v) is 10.3. The normalized spacial score (nSPS) is 23.1. The average Bonchev–Trinajstić information content (AvgIpc) is 3.39. The van der Waals surface area contributed by atoms with E-state index in [1.807, 2.05) is 11.8 Å². The van der Waals surface area contributed by atoms with E-state index in [0.717, 1.165) is 49.8 Å². The molecule has 2 saturated heterocycles. The molecule has 2 aliphatic rings. The Morgan fingerprint density at radius 2 is 2.03 bits per heavy atom. The minimum atomic E-state index is -4.51. The Balaban J connectivity index is 1.65. The van der Waals surface area contributed by atoms with Crippen molar-refractivity contribution in [3.63, 3.8) is 0 Å². The molecule has 0 amide bonds. The lowest BCUT2D eigenvalue weighted by molar-refractivity contribution is 0.257. The Bertz CT molecular complexity index is 998. The van der Waals surface area contributed by atoms with Crippen molar-refractivity contribution in [1.82, 2.24) is 9.88 Å². The third kappa shape index (κ3) is 3.95. The van der Waals surface area contributed by atoms with Crippen LogP contribution in [0.3, 0.4) is 0 Å². The number of rotatable bonds is 5. The molecule has 2 fully saturated rings. The van der Waals surface area contributed by atoms with Crippen molar-refractivity contribution in [2.75, 3.05) is 29.3 Å². The fraction of sp³-hybridized carbons (Fsp3) is 0.500. The van der Waals surface area contributed by atoms with Gasteiger partial charge in [0, 0.05) is 36.3 Å². The fourth-order valence-corrected chi connectivity index (χ4v) is 6.42. The van der Waals surface area contributed by atoms with E-state index in [1.54, 1.807) is 5.38 Å². The van der Waals surface area contributed by atoms with Gasteiger partial charge in [0.05, 0.1) is 5.69 Å². The molecular formula is C18H21ClF2N4O2S2. The van der Waals surface area contributed by atoms with Crippen LogP contribution in [0.5, 0.6) is 0 Å². The molecule has 0 bridgehead atoms. The van der Waals surface area contributed by atoms with Gasteiger partial charge in [0.25, 0.3) is 10.0 Å². The maximum absolute atomic E-state index is 15.0. The molecule has 0 spiro atoms. The Hall–Kier alpha value is -1.49. The third-order valence-corrected chi connectivity index (χ3v) is 8.09. The lowest BCUT2D eigenvalue weighted by Crippen LogP contribution is -2.35. The van der Waals surface area contributed by atoms with Crippen molar-refractivity contribution in [1.29, 1.82) is 0 Å². The number of hydrogen-bond acceptors (Lipinski definition) is 6. The summed E-state index contributed by atoms with van der Waals surface area (Å²) in [6.45, 7) is 4.64. The maximum atomic E-state index is 15.0. The molecule has 4 rings (SSSR count). The van der Waals surface area contributed by atoms with Gasteiger partial charge in [-0.05, 0) is 39.3 Å². The first-order chi connectivity index (χ1) is 13.8. The molecule has 158 valence electrons. The summed E-state index contributed by atoms with van der Waals surface area (Å²) < 4.78 is 56.9. The summed E-state index contributed by atoms with van der Waals surface area (Å²) in [4.78, 5) is 6.95. The van der Waals surface area contributed by atoms with Gasteiger partial charge in [0.15, 0.2) is 15.8 Å². The largest absolute Gasteiger partial charge is 0.366 e. The number of nitrogens with one attached hydrogen (secondary N) is 1. The van der Waals surface area contributed by atoms with Crippen LogP contribution in [0, 0.1) is 11.6 Å². The van der Waals surface area contributed by atoms with Gasteiger partial charge in [-0.2, -0.15) is 0 Å². The van der Waals surface area contributed by atoms with Crippen molar-refractivity contribution in [3.8, 4) is 0 Å². The number of thiazole rings is 1. The molecule has 2 aromatic rings. The summed E-state index contributed by atoms with van der Waals surface area (Å²) in [5, 5.41) is 1.18. The van der Waals surface area contributed by atoms with Gasteiger partial charge in [-0.1, -0.05) is 11.6 Å². The number of benzene rings is 1. The molecule has 0 saturated carbocycles. The standard InChI is InChI=1S/C18H21ClF2N4O2S2/c1-11-8-12(24-5-2-3-6-24)10-25(11)14-9-13(20)17(16(21)15(14)19)29(26,27)23-18-22-4-7-28-18/h4,7,9,11-12H,2-3,5-6,8,10H2,1H3,(H,22,23)/t11-,12-/m1/s1. The van der Waals surface area contributed by atoms with Gasteiger partial charge in [-0.25, -0.2) is 22.2 Å². The zero-order valence-electron chi connectivity index (χ0n) is 15.7. The van der Waals surface area contributed by atoms with Crippen LogP contribution >= 0.6 is 22.9 Å². The summed E-state index contributed by atoms with van der Waals surface area (Å²) >= 11 is 7.21. The molecule has 0 radical (unpaired) electrons. The van der Waals surface area contributed by atoms with Crippen LogP contribution in [0.25, 0.3) is 0 Å². The smallest absolute Gasteiger partial charge is 0.269 e. The van der Waals surface area contributed by atoms with Crippen molar-refractivity contribution in [3.05, 3.63) is 34.3 Å². The highest BCUT2D eigenvalue weighted by Crippen LogP contribution is 2.39. The third-order valence-electron chi connectivity index (χ3n) is 5.54. The molecule has 1 N–H and O–H groups in total. The highest BCUT2D eigenvalue weighted by Gasteiger charge is 2.37. The minimum Gasteiger partial charge on any atom is -0.366 e. The Labute approximate surface area is 177 Å². The molecule has 1 aromatic heterocycles. The van der Waals surface area contributed by atoms with Crippen LogP contribution in [0.15, 0.2) is 22.5 Å². The van der Waals surface area contributed by atoms with Crippen LogP contribution in [0.4, 0.5) is 19.6 Å².